The molecular weight excluding hydrogens is 250 g/mol. The van der Waals surface area contributed by atoms with E-state index < -0.39 is 0 Å². The summed E-state index contributed by atoms with van der Waals surface area (Å²) in [5.41, 5.74) is 2.17. The van der Waals surface area contributed by atoms with Crippen molar-refractivity contribution < 1.29 is 0 Å². The number of hydrogen-bond donors (Lipinski definition) is 0. The highest BCUT2D eigenvalue weighted by Crippen LogP contribution is 2.16. The third kappa shape index (κ3) is 2.31. The fourth-order valence-corrected chi connectivity index (χ4v) is 2.45. The summed E-state index contributed by atoms with van der Waals surface area (Å²) >= 11 is 0. The van der Waals surface area contributed by atoms with Crippen LogP contribution >= 0.6 is 0 Å². The van der Waals surface area contributed by atoms with Gasteiger partial charge in [-0.25, -0.2) is 14.6 Å². The lowest BCUT2D eigenvalue weighted by Crippen LogP contribution is -2.13. The molecule has 0 aliphatic rings. The molecule has 0 amide bonds. The minimum Gasteiger partial charge on any atom is -0.320 e. The van der Waals surface area contributed by atoms with Crippen LogP contribution in [0.2, 0.25) is 0 Å². The standard InChI is InChI=1S/C15H19N5/c1-11(2)8-20-15(16-10-17-20)9-19-12(3)18-13-6-4-5-7-14(13)19/h4-7,10-11H,8-9H2,1-3H3. The Bertz CT molecular complexity index is 723. The minimum atomic E-state index is 0.552. The van der Waals surface area contributed by atoms with E-state index in [2.05, 4.69) is 39.5 Å². The van der Waals surface area contributed by atoms with Gasteiger partial charge in [-0.2, -0.15) is 5.10 Å². The van der Waals surface area contributed by atoms with Gasteiger partial charge < -0.3 is 4.57 Å². The van der Waals surface area contributed by atoms with Crippen molar-refractivity contribution in [3.05, 3.63) is 42.2 Å². The first-order chi connectivity index (χ1) is 9.65. The number of imidazole rings is 1. The molecule has 0 radical (unpaired) electrons. The lowest BCUT2D eigenvalue weighted by Gasteiger charge is -2.10. The second-order valence-electron chi connectivity index (χ2n) is 5.49. The van der Waals surface area contributed by atoms with Gasteiger partial charge in [-0.3, -0.25) is 0 Å². The van der Waals surface area contributed by atoms with Crippen molar-refractivity contribution in [2.45, 2.75) is 33.9 Å². The van der Waals surface area contributed by atoms with Gasteiger partial charge in [0, 0.05) is 6.54 Å². The summed E-state index contributed by atoms with van der Waals surface area (Å²) in [6.45, 7) is 8.00. The average Bonchev–Trinajstić information content (AvgIpc) is 2.95. The van der Waals surface area contributed by atoms with Crippen molar-refractivity contribution in [1.29, 1.82) is 0 Å². The van der Waals surface area contributed by atoms with E-state index in [0.29, 0.717) is 12.5 Å². The Balaban J connectivity index is 1.97. The van der Waals surface area contributed by atoms with Gasteiger partial charge in [0.15, 0.2) is 0 Å². The van der Waals surface area contributed by atoms with E-state index in [4.69, 9.17) is 0 Å². The Kier molecular flexibility index (Phi) is 3.26. The van der Waals surface area contributed by atoms with Crippen LogP contribution in [0, 0.1) is 12.8 Å². The van der Waals surface area contributed by atoms with Crippen LogP contribution in [0.1, 0.15) is 25.5 Å². The van der Waals surface area contributed by atoms with Crippen LogP contribution in [0.3, 0.4) is 0 Å². The second kappa shape index (κ2) is 5.07. The molecule has 0 fully saturated rings. The molecule has 5 heteroatoms. The fraction of sp³-hybridized carbons (Fsp3) is 0.400. The number of aromatic nitrogens is 5. The number of nitrogens with zero attached hydrogens (tertiary/aromatic N) is 5. The number of hydrogen-bond acceptors (Lipinski definition) is 3. The molecule has 20 heavy (non-hydrogen) atoms. The lowest BCUT2D eigenvalue weighted by atomic mass is 10.2. The molecule has 2 heterocycles. The zero-order chi connectivity index (χ0) is 14.1. The van der Waals surface area contributed by atoms with Crippen LogP contribution in [0.25, 0.3) is 11.0 Å². The zero-order valence-electron chi connectivity index (χ0n) is 12.1. The summed E-state index contributed by atoms with van der Waals surface area (Å²) < 4.78 is 4.18. The Morgan fingerprint density at radius 1 is 1.20 bits per heavy atom. The molecule has 0 N–H and O–H groups in total. The summed E-state index contributed by atoms with van der Waals surface area (Å²) in [5.74, 6) is 2.53. The molecular formula is C15H19N5. The molecule has 0 atom stereocenters. The van der Waals surface area contributed by atoms with Gasteiger partial charge in [-0.05, 0) is 25.0 Å². The number of benzene rings is 1. The Labute approximate surface area is 118 Å². The highest BCUT2D eigenvalue weighted by molar-refractivity contribution is 5.75. The predicted molar refractivity (Wildman–Crippen MR) is 78.4 cm³/mol. The smallest absolute Gasteiger partial charge is 0.146 e. The van der Waals surface area contributed by atoms with Gasteiger partial charge in [-0.1, -0.05) is 26.0 Å². The van der Waals surface area contributed by atoms with Crippen molar-refractivity contribution in [2.24, 2.45) is 5.92 Å². The first kappa shape index (κ1) is 12.8. The van der Waals surface area contributed by atoms with E-state index >= 15 is 0 Å². The molecule has 104 valence electrons. The third-order valence-corrected chi connectivity index (χ3v) is 3.38. The maximum absolute atomic E-state index is 4.59. The van der Waals surface area contributed by atoms with Crippen molar-refractivity contribution in [2.75, 3.05) is 0 Å². The van der Waals surface area contributed by atoms with Crippen molar-refractivity contribution in [3.8, 4) is 0 Å². The van der Waals surface area contributed by atoms with Gasteiger partial charge in [0.1, 0.15) is 18.0 Å². The van der Waals surface area contributed by atoms with Gasteiger partial charge in [0.25, 0.3) is 0 Å². The summed E-state index contributed by atoms with van der Waals surface area (Å²) in [7, 11) is 0. The molecule has 0 spiro atoms. The van der Waals surface area contributed by atoms with Crippen molar-refractivity contribution in [3.63, 3.8) is 0 Å². The first-order valence-electron chi connectivity index (χ1n) is 6.93. The second-order valence-corrected chi connectivity index (χ2v) is 5.49. The Morgan fingerprint density at radius 2 is 2.00 bits per heavy atom. The summed E-state index contributed by atoms with van der Waals surface area (Å²) in [6, 6.07) is 8.19. The van der Waals surface area contributed by atoms with Gasteiger partial charge in [0.05, 0.1) is 17.6 Å². The van der Waals surface area contributed by atoms with Crippen LogP contribution < -0.4 is 0 Å². The zero-order valence-corrected chi connectivity index (χ0v) is 12.1. The quantitative estimate of drug-likeness (QED) is 0.731. The maximum Gasteiger partial charge on any atom is 0.146 e. The molecule has 0 saturated heterocycles. The normalized spacial score (nSPS) is 11.6. The van der Waals surface area contributed by atoms with Gasteiger partial charge in [0.2, 0.25) is 0 Å². The van der Waals surface area contributed by atoms with E-state index in [1.54, 1.807) is 6.33 Å². The number of aryl methyl sites for hydroxylation is 1. The van der Waals surface area contributed by atoms with Crippen LogP contribution in [-0.4, -0.2) is 24.3 Å². The molecule has 0 saturated carbocycles. The largest absolute Gasteiger partial charge is 0.320 e. The molecule has 0 bridgehead atoms. The molecule has 2 aromatic heterocycles. The molecule has 1 aromatic carbocycles. The van der Waals surface area contributed by atoms with Crippen molar-refractivity contribution in [1.82, 2.24) is 24.3 Å². The molecule has 0 aliphatic heterocycles. The third-order valence-electron chi connectivity index (χ3n) is 3.38. The van der Waals surface area contributed by atoms with E-state index in [0.717, 1.165) is 29.2 Å². The van der Waals surface area contributed by atoms with E-state index in [9.17, 15) is 0 Å². The van der Waals surface area contributed by atoms with Crippen LogP contribution in [0.5, 0.6) is 0 Å². The topological polar surface area (TPSA) is 48.5 Å². The molecule has 0 unspecified atom stereocenters. The Morgan fingerprint density at radius 3 is 2.80 bits per heavy atom. The van der Waals surface area contributed by atoms with Gasteiger partial charge in [-0.15, -0.1) is 0 Å². The van der Waals surface area contributed by atoms with E-state index in [1.807, 2.05) is 29.8 Å². The molecule has 3 rings (SSSR count). The van der Waals surface area contributed by atoms with Gasteiger partial charge >= 0.3 is 0 Å². The summed E-state index contributed by atoms with van der Waals surface area (Å²) in [5, 5.41) is 4.32. The SMILES string of the molecule is Cc1nc2ccccc2n1Cc1ncnn1CC(C)C. The van der Waals surface area contributed by atoms with Crippen LogP contribution in [-0.2, 0) is 13.1 Å². The monoisotopic (exact) mass is 269 g/mol. The highest BCUT2D eigenvalue weighted by atomic mass is 15.3. The van der Waals surface area contributed by atoms with Crippen LogP contribution in [0.4, 0.5) is 0 Å². The average molecular weight is 269 g/mol. The first-order valence-corrected chi connectivity index (χ1v) is 6.93. The van der Waals surface area contributed by atoms with E-state index in [1.165, 1.54) is 0 Å². The molecule has 0 aliphatic carbocycles. The summed E-state index contributed by atoms with van der Waals surface area (Å²) in [4.78, 5) is 8.99. The number of para-hydroxylation sites is 2. The predicted octanol–water partition coefficient (Wildman–Crippen LogP) is 2.64. The maximum atomic E-state index is 4.59. The van der Waals surface area contributed by atoms with Crippen LogP contribution in [0.15, 0.2) is 30.6 Å². The summed E-state index contributed by atoms with van der Waals surface area (Å²) in [6.07, 6.45) is 1.63. The molecule has 3 aromatic rings. The lowest BCUT2D eigenvalue weighted by molar-refractivity contribution is 0.461. The number of rotatable bonds is 4. The molecule has 5 nitrogen and oxygen atoms in total. The Hall–Kier alpha value is -2.17. The minimum absolute atomic E-state index is 0.552. The number of fused-ring (bicyclic) bond motifs is 1. The highest BCUT2D eigenvalue weighted by Gasteiger charge is 2.11. The van der Waals surface area contributed by atoms with E-state index in [-0.39, 0.29) is 0 Å². The van der Waals surface area contributed by atoms with Crippen molar-refractivity contribution >= 4 is 11.0 Å². The fourth-order valence-electron chi connectivity index (χ4n) is 2.45.